The molecule has 2 N–H and O–H groups in total. The second-order valence-corrected chi connectivity index (χ2v) is 8.47. The lowest BCUT2D eigenvalue weighted by Gasteiger charge is -2.09. The number of benzene rings is 3. The molecule has 7 heteroatoms. The van der Waals surface area contributed by atoms with Gasteiger partial charge in [-0.2, -0.15) is 5.10 Å². The zero-order valence-electron chi connectivity index (χ0n) is 18.6. The van der Waals surface area contributed by atoms with Gasteiger partial charge in [0.15, 0.2) is 0 Å². The summed E-state index contributed by atoms with van der Waals surface area (Å²) in [7, 11) is 0. The van der Waals surface area contributed by atoms with E-state index in [9.17, 15) is 9.59 Å². The van der Waals surface area contributed by atoms with Crippen LogP contribution in [-0.2, 0) is 16.2 Å². The van der Waals surface area contributed by atoms with Gasteiger partial charge in [0.1, 0.15) is 12.4 Å². The lowest BCUT2D eigenvalue weighted by atomic mass is 10.2. The summed E-state index contributed by atoms with van der Waals surface area (Å²) in [4.78, 5) is 24.0. The third-order valence-electron chi connectivity index (χ3n) is 4.87. The number of carbonyl (C=O) groups is 2. The first kappa shape index (κ1) is 24.2. The van der Waals surface area contributed by atoms with Gasteiger partial charge < -0.3 is 10.1 Å². The Labute approximate surface area is 202 Å². The van der Waals surface area contributed by atoms with Crippen LogP contribution in [0.4, 0.5) is 5.69 Å². The molecule has 0 radical (unpaired) electrons. The van der Waals surface area contributed by atoms with Crippen LogP contribution < -0.4 is 15.5 Å². The molecular weight excluding hydrogens is 482 g/mol. The molecule has 6 nitrogen and oxygen atoms in total. The van der Waals surface area contributed by atoms with Crippen molar-refractivity contribution in [1.82, 2.24) is 5.43 Å². The maximum absolute atomic E-state index is 12.0. The number of rotatable bonds is 9. The molecule has 0 fully saturated rings. The van der Waals surface area contributed by atoms with Gasteiger partial charge in [0.2, 0.25) is 11.8 Å². The van der Waals surface area contributed by atoms with Crippen LogP contribution in [0.25, 0.3) is 0 Å². The molecule has 0 saturated carbocycles. The van der Waals surface area contributed by atoms with Crippen molar-refractivity contribution in [3.05, 3.63) is 93.5 Å². The van der Waals surface area contributed by atoms with Crippen LogP contribution in [0.5, 0.6) is 5.75 Å². The Hall–Kier alpha value is -3.45. The first-order valence-corrected chi connectivity index (χ1v) is 11.4. The second-order valence-electron chi connectivity index (χ2n) is 7.62. The number of anilines is 1. The summed E-state index contributed by atoms with van der Waals surface area (Å²) in [5.41, 5.74) is 7.26. The van der Waals surface area contributed by atoms with E-state index >= 15 is 0 Å². The van der Waals surface area contributed by atoms with Gasteiger partial charge in [0.05, 0.1) is 10.7 Å². The van der Waals surface area contributed by atoms with Crippen LogP contribution in [0.2, 0.25) is 0 Å². The topological polar surface area (TPSA) is 79.8 Å². The van der Waals surface area contributed by atoms with E-state index in [1.165, 1.54) is 5.56 Å². The number of para-hydroxylation sites is 1. The minimum atomic E-state index is -0.330. The summed E-state index contributed by atoms with van der Waals surface area (Å²) in [5.74, 6) is 0.174. The Morgan fingerprint density at radius 3 is 2.42 bits per heavy atom. The van der Waals surface area contributed by atoms with Crippen molar-refractivity contribution >= 4 is 39.6 Å². The van der Waals surface area contributed by atoms with Crippen molar-refractivity contribution in [3.8, 4) is 5.75 Å². The van der Waals surface area contributed by atoms with E-state index < -0.39 is 0 Å². The fourth-order valence-electron chi connectivity index (χ4n) is 2.95. The number of hydrazone groups is 1. The van der Waals surface area contributed by atoms with Crippen molar-refractivity contribution in [1.29, 1.82) is 0 Å². The summed E-state index contributed by atoms with van der Waals surface area (Å²) < 4.78 is 6.66. The molecule has 0 aliphatic carbocycles. The van der Waals surface area contributed by atoms with Crippen LogP contribution >= 0.6 is 15.9 Å². The fraction of sp³-hybridized carbons (Fsp3) is 0.192. The summed E-state index contributed by atoms with van der Waals surface area (Å²) in [5, 5.41) is 6.78. The average Bonchev–Trinajstić information content (AvgIpc) is 2.80. The highest BCUT2D eigenvalue weighted by atomic mass is 79.9. The summed E-state index contributed by atoms with van der Waals surface area (Å²) >= 11 is 3.51. The Balaban J connectivity index is 1.43. The fourth-order valence-corrected chi connectivity index (χ4v) is 3.46. The SMILES string of the molecule is Cc1ccc(COc2ccc(C=NNC(=O)CCC(=O)Nc3ccccc3C)cc2Br)cc1. The molecule has 3 aromatic rings. The highest BCUT2D eigenvalue weighted by Crippen LogP contribution is 2.26. The molecule has 0 heterocycles. The molecule has 0 aliphatic heterocycles. The van der Waals surface area contributed by atoms with Crippen LogP contribution in [0.15, 0.2) is 76.3 Å². The smallest absolute Gasteiger partial charge is 0.240 e. The van der Waals surface area contributed by atoms with Crippen molar-refractivity contribution < 1.29 is 14.3 Å². The lowest BCUT2D eigenvalue weighted by molar-refractivity contribution is -0.124. The van der Waals surface area contributed by atoms with E-state index in [1.807, 2.05) is 68.4 Å². The molecule has 3 rings (SSSR count). The summed E-state index contributed by atoms with van der Waals surface area (Å²) in [6.07, 6.45) is 1.67. The summed E-state index contributed by atoms with van der Waals surface area (Å²) in [6, 6.07) is 21.2. The van der Waals surface area contributed by atoms with E-state index in [0.717, 1.165) is 32.6 Å². The van der Waals surface area contributed by atoms with Crippen LogP contribution in [0.3, 0.4) is 0 Å². The molecule has 0 saturated heterocycles. The monoisotopic (exact) mass is 507 g/mol. The van der Waals surface area contributed by atoms with E-state index in [4.69, 9.17) is 4.74 Å². The van der Waals surface area contributed by atoms with Crippen LogP contribution in [-0.4, -0.2) is 18.0 Å². The Morgan fingerprint density at radius 2 is 1.70 bits per heavy atom. The molecule has 2 amide bonds. The summed E-state index contributed by atoms with van der Waals surface area (Å²) in [6.45, 7) is 4.44. The number of carbonyl (C=O) groups excluding carboxylic acids is 2. The standard InChI is InChI=1S/C26H26BrN3O3/c1-18-7-9-20(10-8-18)17-33-24-12-11-21(15-22(24)27)16-28-30-26(32)14-13-25(31)29-23-6-4-3-5-19(23)2/h3-12,15-16H,13-14,17H2,1-2H3,(H,29,31)(H,30,32). The Kier molecular flexibility index (Phi) is 8.78. The number of aryl methyl sites for hydroxylation is 2. The molecule has 3 aromatic carbocycles. The first-order valence-electron chi connectivity index (χ1n) is 10.6. The third-order valence-corrected chi connectivity index (χ3v) is 5.49. The highest BCUT2D eigenvalue weighted by Gasteiger charge is 2.08. The van der Waals surface area contributed by atoms with Crippen molar-refractivity contribution in [2.75, 3.05) is 5.32 Å². The van der Waals surface area contributed by atoms with Crippen LogP contribution in [0.1, 0.15) is 35.1 Å². The van der Waals surface area contributed by atoms with Gasteiger partial charge in [-0.3, -0.25) is 9.59 Å². The third kappa shape index (κ3) is 7.88. The van der Waals surface area contributed by atoms with Gasteiger partial charge in [-0.1, -0.05) is 48.0 Å². The highest BCUT2D eigenvalue weighted by molar-refractivity contribution is 9.10. The van der Waals surface area contributed by atoms with Gasteiger partial charge in [-0.15, -0.1) is 0 Å². The van der Waals surface area contributed by atoms with Gasteiger partial charge >= 0.3 is 0 Å². The Bertz CT molecular complexity index is 1140. The largest absolute Gasteiger partial charge is 0.488 e. The molecule has 33 heavy (non-hydrogen) atoms. The zero-order chi connectivity index (χ0) is 23.6. The maximum Gasteiger partial charge on any atom is 0.240 e. The molecule has 170 valence electrons. The van der Waals surface area contributed by atoms with Gasteiger partial charge in [0.25, 0.3) is 0 Å². The molecule has 0 unspecified atom stereocenters. The number of hydrogen-bond acceptors (Lipinski definition) is 4. The van der Waals surface area contributed by atoms with Gasteiger partial charge in [-0.25, -0.2) is 5.43 Å². The molecule has 0 atom stereocenters. The molecular formula is C26H26BrN3O3. The quantitative estimate of drug-likeness (QED) is 0.295. The average molecular weight is 508 g/mol. The number of nitrogens with zero attached hydrogens (tertiary/aromatic N) is 1. The normalized spacial score (nSPS) is 10.8. The first-order chi connectivity index (χ1) is 15.9. The minimum absolute atomic E-state index is 0.0462. The minimum Gasteiger partial charge on any atom is -0.488 e. The number of hydrogen-bond donors (Lipinski definition) is 2. The molecule has 0 aromatic heterocycles. The van der Waals surface area contributed by atoms with Gasteiger partial charge in [0, 0.05) is 18.5 Å². The van der Waals surface area contributed by atoms with Gasteiger partial charge in [-0.05, 0) is 70.7 Å². The maximum atomic E-state index is 12.0. The predicted octanol–water partition coefficient (Wildman–Crippen LogP) is 5.51. The van der Waals surface area contributed by atoms with Crippen molar-refractivity contribution in [3.63, 3.8) is 0 Å². The van der Waals surface area contributed by atoms with E-state index in [-0.39, 0.29) is 24.7 Å². The Morgan fingerprint density at radius 1 is 0.970 bits per heavy atom. The zero-order valence-corrected chi connectivity index (χ0v) is 20.2. The number of amides is 2. The van der Waals surface area contributed by atoms with Crippen LogP contribution in [0, 0.1) is 13.8 Å². The molecule has 0 spiro atoms. The number of ether oxygens (including phenoxy) is 1. The van der Waals surface area contributed by atoms with E-state index in [0.29, 0.717) is 6.61 Å². The number of nitrogens with one attached hydrogen (secondary N) is 2. The van der Waals surface area contributed by atoms with E-state index in [2.05, 4.69) is 43.9 Å². The number of halogens is 1. The lowest BCUT2D eigenvalue weighted by Crippen LogP contribution is -2.20. The predicted molar refractivity (Wildman–Crippen MR) is 134 cm³/mol. The van der Waals surface area contributed by atoms with Crippen molar-refractivity contribution in [2.24, 2.45) is 5.10 Å². The second kappa shape index (κ2) is 12.0. The molecule has 0 aliphatic rings. The van der Waals surface area contributed by atoms with E-state index in [1.54, 1.807) is 6.21 Å². The van der Waals surface area contributed by atoms with Crippen molar-refractivity contribution in [2.45, 2.75) is 33.3 Å². The molecule has 0 bridgehead atoms.